The molecule has 0 spiro atoms. The van der Waals surface area contributed by atoms with Gasteiger partial charge in [-0.05, 0) is 25.1 Å². The Kier molecular flexibility index (Phi) is 2.66. The molecule has 0 atom stereocenters. The van der Waals surface area contributed by atoms with Crippen molar-refractivity contribution in [3.05, 3.63) is 45.5 Å². The van der Waals surface area contributed by atoms with Crippen molar-refractivity contribution in [3.63, 3.8) is 0 Å². The summed E-state index contributed by atoms with van der Waals surface area (Å²) in [6, 6.07) is 6.51. The highest BCUT2D eigenvalue weighted by Crippen LogP contribution is 2.26. The Balaban J connectivity index is 2.63. The topological polar surface area (TPSA) is 71.8 Å². The van der Waals surface area contributed by atoms with Crippen molar-refractivity contribution in [1.82, 2.24) is 9.97 Å². The standard InChI is InChI=1S/C11H10ClN3O/c1-6-14-10(5-11(16)15-6)8-3-2-7(12)4-9(8)13/h2-5H,13H2,1H3,(H,14,15,16). The Morgan fingerprint density at radius 3 is 2.75 bits per heavy atom. The van der Waals surface area contributed by atoms with Crippen LogP contribution in [0.4, 0.5) is 5.69 Å². The van der Waals surface area contributed by atoms with Crippen molar-refractivity contribution < 1.29 is 0 Å². The number of hydrogen-bond donors (Lipinski definition) is 2. The second-order valence-corrected chi connectivity index (χ2v) is 3.88. The summed E-state index contributed by atoms with van der Waals surface area (Å²) in [6.07, 6.45) is 0. The SMILES string of the molecule is Cc1nc(-c2ccc(Cl)cc2N)cc(=O)[nH]1. The number of halogens is 1. The van der Waals surface area contributed by atoms with E-state index in [2.05, 4.69) is 9.97 Å². The van der Waals surface area contributed by atoms with E-state index in [0.717, 1.165) is 0 Å². The molecular formula is C11H10ClN3O. The van der Waals surface area contributed by atoms with E-state index >= 15 is 0 Å². The number of benzene rings is 1. The summed E-state index contributed by atoms with van der Waals surface area (Å²) in [5, 5.41) is 0.558. The van der Waals surface area contributed by atoms with Crippen LogP contribution >= 0.6 is 11.6 Å². The van der Waals surface area contributed by atoms with Crippen LogP contribution < -0.4 is 11.3 Å². The molecule has 1 aromatic carbocycles. The minimum absolute atomic E-state index is 0.197. The van der Waals surface area contributed by atoms with E-state index in [1.54, 1.807) is 25.1 Å². The highest BCUT2D eigenvalue weighted by Gasteiger charge is 2.06. The number of anilines is 1. The van der Waals surface area contributed by atoms with Crippen LogP contribution in [-0.4, -0.2) is 9.97 Å². The third-order valence-electron chi connectivity index (χ3n) is 2.15. The molecule has 0 bridgehead atoms. The number of nitrogen functional groups attached to an aromatic ring is 1. The van der Waals surface area contributed by atoms with Crippen molar-refractivity contribution in [2.24, 2.45) is 0 Å². The van der Waals surface area contributed by atoms with Gasteiger partial charge in [0, 0.05) is 22.3 Å². The zero-order valence-electron chi connectivity index (χ0n) is 8.62. The number of nitrogens with zero attached hydrogens (tertiary/aromatic N) is 1. The van der Waals surface area contributed by atoms with Crippen LogP contribution in [0.2, 0.25) is 5.02 Å². The van der Waals surface area contributed by atoms with Crippen LogP contribution in [0.1, 0.15) is 5.82 Å². The average molecular weight is 236 g/mol. The minimum atomic E-state index is -0.197. The van der Waals surface area contributed by atoms with E-state index in [-0.39, 0.29) is 5.56 Å². The number of H-pyrrole nitrogens is 1. The number of aryl methyl sites for hydroxylation is 1. The molecule has 2 rings (SSSR count). The Hall–Kier alpha value is -1.81. The summed E-state index contributed by atoms with van der Waals surface area (Å²) in [6.45, 7) is 1.72. The largest absolute Gasteiger partial charge is 0.398 e. The van der Waals surface area contributed by atoms with Crippen LogP contribution in [0.3, 0.4) is 0 Å². The first-order valence-electron chi connectivity index (χ1n) is 4.69. The average Bonchev–Trinajstić information content (AvgIpc) is 2.15. The number of nitrogens with two attached hydrogens (primary N) is 1. The van der Waals surface area contributed by atoms with Crippen LogP contribution in [-0.2, 0) is 0 Å². The van der Waals surface area contributed by atoms with Gasteiger partial charge in [0.15, 0.2) is 0 Å². The van der Waals surface area contributed by atoms with Crippen molar-refractivity contribution in [2.45, 2.75) is 6.92 Å². The smallest absolute Gasteiger partial charge is 0.251 e. The lowest BCUT2D eigenvalue weighted by molar-refractivity contribution is 1.02. The molecule has 1 heterocycles. The molecule has 1 aromatic heterocycles. The fraction of sp³-hybridized carbons (Fsp3) is 0.0909. The second-order valence-electron chi connectivity index (χ2n) is 3.45. The molecule has 0 radical (unpaired) electrons. The molecule has 3 N–H and O–H groups in total. The van der Waals surface area contributed by atoms with Gasteiger partial charge in [0.1, 0.15) is 5.82 Å². The molecule has 82 valence electrons. The van der Waals surface area contributed by atoms with Gasteiger partial charge in [-0.3, -0.25) is 4.79 Å². The third-order valence-corrected chi connectivity index (χ3v) is 2.38. The van der Waals surface area contributed by atoms with Crippen LogP contribution in [0, 0.1) is 6.92 Å². The predicted octanol–water partition coefficient (Wildman–Crippen LogP) is 1.98. The molecule has 4 nitrogen and oxygen atoms in total. The Labute approximate surface area is 97.1 Å². The Morgan fingerprint density at radius 1 is 1.38 bits per heavy atom. The van der Waals surface area contributed by atoms with Crippen molar-refractivity contribution in [3.8, 4) is 11.3 Å². The molecule has 0 aliphatic carbocycles. The maximum atomic E-state index is 11.3. The van der Waals surface area contributed by atoms with Crippen molar-refractivity contribution >= 4 is 17.3 Å². The fourth-order valence-electron chi connectivity index (χ4n) is 1.48. The zero-order chi connectivity index (χ0) is 11.7. The molecule has 0 amide bonds. The molecular weight excluding hydrogens is 226 g/mol. The van der Waals surface area contributed by atoms with Gasteiger partial charge >= 0.3 is 0 Å². The fourth-order valence-corrected chi connectivity index (χ4v) is 1.66. The van der Waals surface area contributed by atoms with Crippen LogP contribution in [0.25, 0.3) is 11.3 Å². The van der Waals surface area contributed by atoms with Gasteiger partial charge in [0.25, 0.3) is 5.56 Å². The quantitative estimate of drug-likeness (QED) is 0.743. The summed E-state index contributed by atoms with van der Waals surface area (Å²) in [5.41, 5.74) is 7.38. The van der Waals surface area contributed by atoms with E-state index in [1.807, 2.05) is 0 Å². The maximum absolute atomic E-state index is 11.3. The predicted molar refractivity (Wildman–Crippen MR) is 64.5 cm³/mol. The molecule has 5 heteroatoms. The first-order chi connectivity index (χ1) is 7.56. The van der Waals surface area contributed by atoms with Crippen molar-refractivity contribution in [1.29, 1.82) is 0 Å². The van der Waals surface area contributed by atoms with E-state index in [9.17, 15) is 4.79 Å². The first-order valence-corrected chi connectivity index (χ1v) is 5.07. The molecule has 16 heavy (non-hydrogen) atoms. The number of rotatable bonds is 1. The summed E-state index contributed by atoms with van der Waals surface area (Å²) in [5.74, 6) is 0.553. The minimum Gasteiger partial charge on any atom is -0.398 e. The molecule has 0 unspecified atom stereocenters. The normalized spacial score (nSPS) is 10.4. The summed E-state index contributed by atoms with van der Waals surface area (Å²) >= 11 is 5.80. The lowest BCUT2D eigenvalue weighted by atomic mass is 10.1. The highest BCUT2D eigenvalue weighted by molar-refractivity contribution is 6.31. The second kappa shape index (κ2) is 3.98. The van der Waals surface area contributed by atoms with E-state index < -0.39 is 0 Å². The molecule has 2 aromatic rings. The zero-order valence-corrected chi connectivity index (χ0v) is 9.38. The summed E-state index contributed by atoms with van der Waals surface area (Å²) in [7, 11) is 0. The van der Waals surface area contributed by atoms with Gasteiger partial charge in [0.05, 0.1) is 5.69 Å². The van der Waals surface area contributed by atoms with Crippen molar-refractivity contribution in [2.75, 3.05) is 5.73 Å². The highest BCUT2D eigenvalue weighted by atomic mass is 35.5. The van der Waals surface area contributed by atoms with Gasteiger partial charge in [0.2, 0.25) is 0 Å². The van der Waals surface area contributed by atoms with E-state index in [1.165, 1.54) is 6.07 Å². The van der Waals surface area contributed by atoms with Gasteiger partial charge < -0.3 is 10.7 Å². The summed E-state index contributed by atoms with van der Waals surface area (Å²) in [4.78, 5) is 18.1. The lowest BCUT2D eigenvalue weighted by Crippen LogP contribution is -2.09. The molecule has 0 saturated heterocycles. The summed E-state index contributed by atoms with van der Waals surface area (Å²) < 4.78 is 0. The van der Waals surface area contributed by atoms with Gasteiger partial charge in [-0.15, -0.1) is 0 Å². The Morgan fingerprint density at radius 2 is 2.12 bits per heavy atom. The first kappa shape index (κ1) is 10.7. The number of hydrogen-bond acceptors (Lipinski definition) is 3. The number of aromatic nitrogens is 2. The third kappa shape index (κ3) is 2.06. The van der Waals surface area contributed by atoms with Gasteiger partial charge in [-0.2, -0.15) is 0 Å². The van der Waals surface area contributed by atoms with Gasteiger partial charge in [-0.25, -0.2) is 4.98 Å². The maximum Gasteiger partial charge on any atom is 0.251 e. The van der Waals surface area contributed by atoms with Crippen LogP contribution in [0.15, 0.2) is 29.1 Å². The lowest BCUT2D eigenvalue weighted by Gasteiger charge is -2.05. The number of aromatic amines is 1. The molecule has 0 fully saturated rings. The Bertz CT molecular complexity index is 592. The molecule has 0 aliphatic rings. The van der Waals surface area contributed by atoms with E-state index in [0.29, 0.717) is 27.8 Å². The molecule has 0 saturated carbocycles. The number of nitrogens with one attached hydrogen (secondary N) is 1. The van der Waals surface area contributed by atoms with Gasteiger partial charge in [-0.1, -0.05) is 11.6 Å². The van der Waals surface area contributed by atoms with Crippen LogP contribution in [0.5, 0.6) is 0 Å². The molecule has 0 aliphatic heterocycles. The van der Waals surface area contributed by atoms with E-state index in [4.69, 9.17) is 17.3 Å². The monoisotopic (exact) mass is 235 g/mol.